The standard InChI is InChI=1S/C13H20N2OS/c1-11(16)13(9-5-6-10-14)15-17-12-7-3-2-4-8-12/h2-4,7-8,13,15H,5-6,9-10,14H2,1H3/t13-/m0/s1. The lowest BCUT2D eigenvalue weighted by Gasteiger charge is -2.14. The van der Waals surface area contributed by atoms with Crippen molar-refractivity contribution in [1.29, 1.82) is 0 Å². The highest BCUT2D eigenvalue weighted by Crippen LogP contribution is 2.15. The average Bonchev–Trinajstić information content (AvgIpc) is 2.34. The van der Waals surface area contributed by atoms with E-state index in [1.807, 2.05) is 30.3 Å². The molecule has 0 aliphatic rings. The first-order chi connectivity index (χ1) is 8.24. The predicted molar refractivity (Wildman–Crippen MR) is 72.8 cm³/mol. The Morgan fingerprint density at radius 3 is 2.65 bits per heavy atom. The quantitative estimate of drug-likeness (QED) is 0.551. The molecule has 0 aliphatic carbocycles. The van der Waals surface area contributed by atoms with Gasteiger partial charge in [-0.15, -0.1) is 0 Å². The van der Waals surface area contributed by atoms with Crippen molar-refractivity contribution in [3.8, 4) is 0 Å². The third-order valence-corrected chi connectivity index (χ3v) is 3.41. The van der Waals surface area contributed by atoms with Gasteiger partial charge in [-0.25, -0.2) is 4.72 Å². The van der Waals surface area contributed by atoms with Gasteiger partial charge < -0.3 is 5.73 Å². The maximum atomic E-state index is 11.5. The van der Waals surface area contributed by atoms with Gasteiger partial charge in [0.05, 0.1) is 6.04 Å². The van der Waals surface area contributed by atoms with Crippen molar-refractivity contribution < 1.29 is 4.79 Å². The lowest BCUT2D eigenvalue weighted by molar-refractivity contribution is -0.118. The smallest absolute Gasteiger partial charge is 0.147 e. The van der Waals surface area contributed by atoms with Crippen molar-refractivity contribution in [2.75, 3.05) is 6.54 Å². The van der Waals surface area contributed by atoms with Gasteiger partial charge in [0.15, 0.2) is 0 Å². The number of nitrogens with one attached hydrogen (secondary N) is 1. The second-order valence-electron chi connectivity index (χ2n) is 3.98. The van der Waals surface area contributed by atoms with Gasteiger partial charge in [-0.2, -0.15) is 0 Å². The number of hydrogen-bond acceptors (Lipinski definition) is 4. The van der Waals surface area contributed by atoms with Gasteiger partial charge >= 0.3 is 0 Å². The zero-order valence-electron chi connectivity index (χ0n) is 10.2. The Hall–Kier alpha value is -0.840. The molecule has 4 heteroatoms. The van der Waals surface area contributed by atoms with Gasteiger partial charge in [-0.1, -0.05) is 24.6 Å². The number of hydrogen-bond donors (Lipinski definition) is 2. The normalized spacial score (nSPS) is 12.4. The molecule has 0 saturated carbocycles. The highest BCUT2D eigenvalue weighted by atomic mass is 32.2. The lowest BCUT2D eigenvalue weighted by atomic mass is 10.1. The van der Waals surface area contributed by atoms with Gasteiger partial charge in [0.25, 0.3) is 0 Å². The summed E-state index contributed by atoms with van der Waals surface area (Å²) >= 11 is 1.51. The second kappa shape index (κ2) is 8.28. The molecule has 3 nitrogen and oxygen atoms in total. The summed E-state index contributed by atoms with van der Waals surface area (Å²) in [5.41, 5.74) is 5.45. The SMILES string of the molecule is CC(=O)[C@H](CCCCN)NSc1ccccc1. The number of unbranched alkanes of at least 4 members (excludes halogenated alkanes) is 1. The van der Waals surface area contributed by atoms with Gasteiger partial charge in [-0.05, 0) is 50.4 Å². The number of carbonyl (C=O) groups is 1. The predicted octanol–water partition coefficient (Wildman–Crippen LogP) is 2.37. The number of benzene rings is 1. The van der Waals surface area contributed by atoms with Crippen molar-refractivity contribution in [1.82, 2.24) is 4.72 Å². The van der Waals surface area contributed by atoms with E-state index >= 15 is 0 Å². The number of rotatable bonds is 8. The van der Waals surface area contributed by atoms with Gasteiger partial charge in [-0.3, -0.25) is 4.79 Å². The van der Waals surface area contributed by atoms with Crippen molar-refractivity contribution in [2.45, 2.75) is 37.1 Å². The fourth-order valence-corrected chi connectivity index (χ4v) is 2.32. The zero-order valence-corrected chi connectivity index (χ0v) is 11.0. The number of ketones is 1. The first-order valence-corrected chi connectivity index (χ1v) is 6.73. The van der Waals surface area contributed by atoms with Crippen molar-refractivity contribution in [3.63, 3.8) is 0 Å². The van der Waals surface area contributed by atoms with Crippen LogP contribution >= 0.6 is 11.9 Å². The molecule has 1 atom stereocenters. The van der Waals surface area contributed by atoms with Gasteiger partial charge in [0.1, 0.15) is 5.78 Å². The molecule has 0 radical (unpaired) electrons. The lowest BCUT2D eigenvalue weighted by Crippen LogP contribution is -2.30. The molecule has 17 heavy (non-hydrogen) atoms. The Bertz CT molecular complexity index is 329. The van der Waals surface area contributed by atoms with E-state index in [1.54, 1.807) is 6.92 Å². The fraction of sp³-hybridized carbons (Fsp3) is 0.462. The molecule has 0 saturated heterocycles. The van der Waals surface area contributed by atoms with E-state index in [1.165, 1.54) is 11.9 Å². The minimum atomic E-state index is -0.0771. The van der Waals surface area contributed by atoms with Crippen LogP contribution in [0.5, 0.6) is 0 Å². The van der Waals surface area contributed by atoms with Crippen LogP contribution in [0.1, 0.15) is 26.2 Å². The molecule has 0 amide bonds. The van der Waals surface area contributed by atoms with Crippen LogP contribution in [0.15, 0.2) is 35.2 Å². The fourth-order valence-electron chi connectivity index (χ4n) is 1.47. The van der Waals surface area contributed by atoms with Crippen LogP contribution in [0, 0.1) is 0 Å². The largest absolute Gasteiger partial charge is 0.330 e. The third kappa shape index (κ3) is 5.86. The van der Waals surface area contributed by atoms with Crippen LogP contribution in [0.4, 0.5) is 0 Å². The molecule has 1 aromatic rings. The van der Waals surface area contributed by atoms with E-state index in [2.05, 4.69) is 4.72 Å². The Morgan fingerprint density at radius 1 is 1.35 bits per heavy atom. The summed E-state index contributed by atoms with van der Waals surface area (Å²) in [4.78, 5) is 12.6. The summed E-state index contributed by atoms with van der Waals surface area (Å²) in [5, 5.41) is 0. The maximum Gasteiger partial charge on any atom is 0.147 e. The molecule has 1 aromatic carbocycles. The Balaban J connectivity index is 2.36. The van der Waals surface area contributed by atoms with Crippen molar-refractivity contribution in [2.24, 2.45) is 5.73 Å². The van der Waals surface area contributed by atoms with Crippen molar-refractivity contribution >= 4 is 17.7 Å². The highest BCUT2D eigenvalue weighted by molar-refractivity contribution is 7.97. The maximum absolute atomic E-state index is 11.5. The molecule has 0 heterocycles. The van der Waals surface area contributed by atoms with Crippen LogP contribution in [0.25, 0.3) is 0 Å². The topological polar surface area (TPSA) is 55.1 Å². The first kappa shape index (κ1) is 14.2. The molecule has 3 N–H and O–H groups in total. The summed E-state index contributed by atoms with van der Waals surface area (Å²) < 4.78 is 3.22. The third-order valence-electron chi connectivity index (χ3n) is 2.50. The van der Waals surface area contributed by atoms with Crippen LogP contribution in [0.2, 0.25) is 0 Å². The molecule has 1 rings (SSSR count). The molecule has 0 aromatic heterocycles. The second-order valence-corrected chi connectivity index (χ2v) is 4.89. The Labute approximate surface area is 107 Å². The monoisotopic (exact) mass is 252 g/mol. The summed E-state index contributed by atoms with van der Waals surface area (Å²) in [5.74, 6) is 0.186. The Morgan fingerprint density at radius 2 is 2.06 bits per heavy atom. The van der Waals surface area contributed by atoms with Crippen LogP contribution in [-0.2, 0) is 4.79 Å². The summed E-state index contributed by atoms with van der Waals surface area (Å²) in [7, 11) is 0. The molecule has 0 aliphatic heterocycles. The number of carbonyl (C=O) groups excluding carboxylic acids is 1. The molecule has 0 bridgehead atoms. The van der Waals surface area contributed by atoms with Crippen molar-refractivity contribution in [3.05, 3.63) is 30.3 Å². The van der Waals surface area contributed by atoms with Crippen LogP contribution < -0.4 is 10.5 Å². The van der Waals surface area contributed by atoms with E-state index in [9.17, 15) is 4.79 Å². The number of nitrogens with two attached hydrogens (primary N) is 1. The van der Waals surface area contributed by atoms with E-state index in [-0.39, 0.29) is 11.8 Å². The molecular weight excluding hydrogens is 232 g/mol. The first-order valence-electron chi connectivity index (χ1n) is 5.92. The van der Waals surface area contributed by atoms with Gasteiger partial charge in [0, 0.05) is 4.90 Å². The molecular formula is C13H20N2OS. The molecule has 0 spiro atoms. The minimum Gasteiger partial charge on any atom is -0.330 e. The zero-order chi connectivity index (χ0) is 12.5. The summed E-state index contributed by atoms with van der Waals surface area (Å²) in [6.07, 6.45) is 2.82. The highest BCUT2D eigenvalue weighted by Gasteiger charge is 2.13. The molecule has 94 valence electrons. The van der Waals surface area contributed by atoms with E-state index < -0.39 is 0 Å². The average molecular weight is 252 g/mol. The van der Waals surface area contributed by atoms with Crippen LogP contribution in [-0.4, -0.2) is 18.4 Å². The van der Waals surface area contributed by atoms with Crippen LogP contribution in [0.3, 0.4) is 0 Å². The summed E-state index contributed by atoms with van der Waals surface area (Å²) in [6.45, 7) is 2.32. The molecule has 0 fully saturated rings. The van der Waals surface area contributed by atoms with Gasteiger partial charge in [0.2, 0.25) is 0 Å². The van der Waals surface area contributed by atoms with E-state index in [4.69, 9.17) is 5.73 Å². The summed E-state index contributed by atoms with van der Waals surface area (Å²) in [6, 6.07) is 9.92. The Kier molecular flexibility index (Phi) is 6.93. The van der Waals surface area contributed by atoms with E-state index in [0.29, 0.717) is 6.54 Å². The number of Topliss-reactive ketones (excluding diaryl/α,β-unsaturated/α-hetero) is 1. The van der Waals surface area contributed by atoms with E-state index in [0.717, 1.165) is 24.2 Å². The molecule has 0 unspecified atom stereocenters. The minimum absolute atomic E-state index is 0.0771.